The van der Waals surface area contributed by atoms with Crippen LogP contribution in [0.5, 0.6) is 0 Å². The second kappa shape index (κ2) is 10.3. The van der Waals surface area contributed by atoms with Crippen molar-refractivity contribution in [3.8, 4) is 0 Å². The van der Waals surface area contributed by atoms with Gasteiger partial charge in [-0.15, -0.1) is 0 Å². The Kier molecular flexibility index (Phi) is 7.78. The monoisotopic (exact) mass is 439 g/mol. The first-order valence-corrected chi connectivity index (χ1v) is 10.4. The van der Waals surface area contributed by atoms with Gasteiger partial charge in [0.15, 0.2) is 0 Å². The molecule has 1 saturated heterocycles. The minimum atomic E-state index is -4.61. The molecule has 0 unspecified atom stereocenters. The van der Waals surface area contributed by atoms with E-state index in [0.717, 1.165) is 19.3 Å². The van der Waals surface area contributed by atoms with Crippen molar-refractivity contribution in [3.05, 3.63) is 70.7 Å². The van der Waals surface area contributed by atoms with Gasteiger partial charge in [0.2, 0.25) is 6.10 Å². The Morgan fingerprint density at radius 1 is 1.10 bits per heavy atom. The fourth-order valence-corrected chi connectivity index (χ4v) is 3.97. The van der Waals surface area contributed by atoms with E-state index in [2.05, 4.69) is 0 Å². The van der Waals surface area contributed by atoms with E-state index >= 15 is 0 Å². The zero-order valence-corrected chi connectivity index (χ0v) is 17.3. The first-order chi connectivity index (χ1) is 14.3. The number of esters is 1. The number of hydrogen-bond donors (Lipinski definition) is 0. The molecular formula is C23H25ClF3NO2. The maximum Gasteiger partial charge on any atom is 0.426 e. The van der Waals surface area contributed by atoms with Gasteiger partial charge in [-0.1, -0.05) is 54.1 Å². The maximum atomic E-state index is 13.5. The molecule has 0 amide bonds. The second-order valence-electron chi connectivity index (χ2n) is 7.78. The third-order valence-electron chi connectivity index (χ3n) is 5.29. The van der Waals surface area contributed by atoms with Gasteiger partial charge in [-0.05, 0) is 55.0 Å². The van der Waals surface area contributed by atoms with Gasteiger partial charge in [0.25, 0.3) is 0 Å². The van der Waals surface area contributed by atoms with E-state index in [0.29, 0.717) is 29.6 Å². The van der Waals surface area contributed by atoms with Crippen molar-refractivity contribution < 1.29 is 22.7 Å². The van der Waals surface area contributed by atoms with Crippen LogP contribution >= 0.6 is 11.6 Å². The van der Waals surface area contributed by atoms with Crippen LogP contribution < -0.4 is 0 Å². The number of alkyl halides is 3. The minimum absolute atomic E-state index is 0.222. The normalized spacial score (nSPS) is 18.7. The predicted octanol–water partition coefficient (Wildman–Crippen LogP) is 5.31. The van der Waals surface area contributed by atoms with E-state index in [1.54, 1.807) is 29.2 Å². The Hall–Kier alpha value is -2.05. The van der Waals surface area contributed by atoms with Gasteiger partial charge in [-0.3, -0.25) is 9.69 Å². The van der Waals surface area contributed by atoms with Gasteiger partial charge >= 0.3 is 12.1 Å². The lowest BCUT2D eigenvalue weighted by Crippen LogP contribution is -2.47. The second-order valence-corrected chi connectivity index (χ2v) is 8.22. The van der Waals surface area contributed by atoms with Crippen LogP contribution in [-0.4, -0.2) is 42.8 Å². The van der Waals surface area contributed by atoms with E-state index in [1.165, 1.54) is 5.56 Å². The van der Waals surface area contributed by atoms with Gasteiger partial charge in [-0.25, -0.2) is 0 Å². The van der Waals surface area contributed by atoms with Gasteiger partial charge in [0, 0.05) is 18.1 Å². The van der Waals surface area contributed by atoms with Gasteiger partial charge < -0.3 is 4.74 Å². The number of carbonyl (C=O) groups excluding carboxylic acids is 1. The first-order valence-electron chi connectivity index (χ1n) is 10.1. The topological polar surface area (TPSA) is 29.5 Å². The molecule has 0 saturated carbocycles. The van der Waals surface area contributed by atoms with Gasteiger partial charge in [-0.2, -0.15) is 13.2 Å². The van der Waals surface area contributed by atoms with Crippen LogP contribution in [0, 0.1) is 5.92 Å². The summed E-state index contributed by atoms with van der Waals surface area (Å²) in [4.78, 5) is 13.9. The smallest absolute Gasteiger partial charge is 0.426 e. The number of benzene rings is 2. The lowest BCUT2D eigenvalue weighted by molar-refractivity contribution is -0.225. The summed E-state index contributed by atoms with van der Waals surface area (Å²) in [5, 5.41) is 0.496. The summed E-state index contributed by atoms with van der Waals surface area (Å²) in [7, 11) is 0. The van der Waals surface area contributed by atoms with Crippen LogP contribution in [0.1, 0.15) is 24.0 Å². The Morgan fingerprint density at radius 3 is 2.47 bits per heavy atom. The average molecular weight is 440 g/mol. The number of halogens is 4. The molecule has 2 aromatic rings. The van der Waals surface area contributed by atoms with Crippen molar-refractivity contribution in [3.63, 3.8) is 0 Å². The average Bonchev–Trinajstić information content (AvgIpc) is 2.70. The molecule has 1 heterocycles. The lowest BCUT2D eigenvalue weighted by atomic mass is 9.91. The number of piperidine rings is 1. The highest BCUT2D eigenvalue weighted by atomic mass is 35.5. The lowest BCUT2D eigenvalue weighted by Gasteiger charge is -2.35. The SMILES string of the molecule is O=C(Cc1ccc(Cl)cc1)O[C@@H](CN1CCC[C@H](Cc2ccccc2)C1)C(F)(F)F. The number of hydrogen-bond acceptors (Lipinski definition) is 3. The molecule has 7 heteroatoms. The molecule has 1 aliphatic rings. The number of carbonyl (C=O) groups is 1. The highest BCUT2D eigenvalue weighted by Crippen LogP contribution is 2.27. The molecule has 162 valence electrons. The van der Waals surface area contributed by atoms with E-state index in [-0.39, 0.29) is 13.0 Å². The van der Waals surface area contributed by atoms with Gasteiger partial charge in [0.1, 0.15) is 0 Å². The highest BCUT2D eigenvalue weighted by molar-refractivity contribution is 6.30. The largest absolute Gasteiger partial charge is 0.451 e. The summed E-state index contributed by atoms with van der Waals surface area (Å²) in [6.07, 6.45) is -4.31. The van der Waals surface area contributed by atoms with Gasteiger partial charge in [0.05, 0.1) is 6.42 Å². The van der Waals surface area contributed by atoms with Crippen molar-refractivity contribution in [2.24, 2.45) is 5.92 Å². The Balaban J connectivity index is 1.57. The standard InChI is InChI=1S/C23H25ClF3NO2/c24-20-10-8-18(9-11-20)14-22(29)30-21(23(25,26)27)16-28-12-4-7-19(15-28)13-17-5-2-1-3-6-17/h1-3,5-6,8-11,19,21H,4,7,12-16H2/t19-,21+/m1/s1. The van der Waals surface area contributed by atoms with Crippen LogP contribution in [0.25, 0.3) is 0 Å². The van der Waals surface area contributed by atoms with E-state index in [1.807, 2.05) is 30.3 Å². The fraction of sp³-hybridized carbons (Fsp3) is 0.435. The number of nitrogens with zero attached hydrogens (tertiary/aromatic N) is 1. The molecule has 0 spiro atoms. The highest BCUT2D eigenvalue weighted by Gasteiger charge is 2.44. The third kappa shape index (κ3) is 7.03. The summed E-state index contributed by atoms with van der Waals surface area (Å²) in [5.41, 5.74) is 1.75. The molecular weight excluding hydrogens is 415 g/mol. The number of rotatable bonds is 7. The molecule has 3 nitrogen and oxygen atoms in total. The molecule has 2 aromatic carbocycles. The van der Waals surface area contributed by atoms with E-state index < -0.39 is 18.2 Å². The van der Waals surface area contributed by atoms with Crippen LogP contribution in [0.15, 0.2) is 54.6 Å². The molecule has 0 radical (unpaired) electrons. The summed E-state index contributed by atoms with van der Waals surface area (Å²) in [5.74, 6) is -0.600. The molecule has 3 rings (SSSR count). The van der Waals surface area contributed by atoms with Crippen LogP contribution in [0.2, 0.25) is 5.02 Å². The molecule has 0 N–H and O–H groups in total. The van der Waals surface area contributed by atoms with Crippen LogP contribution in [0.3, 0.4) is 0 Å². The van der Waals surface area contributed by atoms with Crippen molar-refractivity contribution in [2.45, 2.75) is 38.0 Å². The molecule has 2 atom stereocenters. The van der Waals surface area contributed by atoms with E-state index in [9.17, 15) is 18.0 Å². The van der Waals surface area contributed by atoms with Crippen molar-refractivity contribution in [2.75, 3.05) is 19.6 Å². The quantitative estimate of drug-likeness (QED) is 0.547. The van der Waals surface area contributed by atoms with Crippen LogP contribution in [0.4, 0.5) is 13.2 Å². The van der Waals surface area contributed by atoms with Crippen molar-refractivity contribution in [1.29, 1.82) is 0 Å². The maximum absolute atomic E-state index is 13.5. The molecule has 0 bridgehead atoms. The summed E-state index contributed by atoms with van der Waals surface area (Å²) < 4.78 is 45.5. The zero-order chi connectivity index (χ0) is 21.6. The fourth-order valence-electron chi connectivity index (χ4n) is 3.84. The summed E-state index contributed by atoms with van der Waals surface area (Å²) >= 11 is 5.79. The molecule has 1 aliphatic heterocycles. The zero-order valence-electron chi connectivity index (χ0n) is 16.6. The summed E-state index contributed by atoms with van der Waals surface area (Å²) in [6.45, 7) is 0.809. The number of likely N-dealkylation sites (tertiary alicyclic amines) is 1. The number of ether oxygens (including phenoxy) is 1. The van der Waals surface area contributed by atoms with Crippen LogP contribution in [-0.2, 0) is 22.4 Å². The Bertz CT molecular complexity index is 811. The molecule has 1 fully saturated rings. The van der Waals surface area contributed by atoms with Crippen molar-refractivity contribution >= 4 is 17.6 Å². The molecule has 30 heavy (non-hydrogen) atoms. The molecule has 0 aliphatic carbocycles. The van der Waals surface area contributed by atoms with E-state index in [4.69, 9.17) is 16.3 Å². The summed E-state index contributed by atoms with van der Waals surface area (Å²) in [6, 6.07) is 16.3. The van der Waals surface area contributed by atoms with Crippen molar-refractivity contribution in [1.82, 2.24) is 4.90 Å². The Labute approximate surface area is 179 Å². The molecule has 0 aromatic heterocycles. The Morgan fingerprint density at radius 2 is 1.80 bits per heavy atom. The minimum Gasteiger partial charge on any atom is -0.451 e. The first kappa shape index (κ1) is 22.6. The third-order valence-corrected chi connectivity index (χ3v) is 5.55. The predicted molar refractivity (Wildman–Crippen MR) is 110 cm³/mol.